The molecule has 0 saturated heterocycles. The Kier molecular flexibility index (Phi) is 4.65. The molecule has 100 valence electrons. The van der Waals surface area contributed by atoms with E-state index in [1.54, 1.807) is 51.1 Å². The predicted molar refractivity (Wildman–Crippen MR) is 72.0 cm³/mol. The van der Waals surface area contributed by atoms with Gasteiger partial charge in [0.15, 0.2) is 0 Å². The molecule has 3 nitrogen and oxygen atoms in total. The van der Waals surface area contributed by atoms with Crippen molar-refractivity contribution in [3.8, 4) is 5.75 Å². The average Bonchev–Trinajstić information content (AvgIpc) is 2.28. The molecule has 0 aliphatic carbocycles. The molecule has 0 saturated carbocycles. The third-order valence-corrected chi connectivity index (χ3v) is 3.11. The Morgan fingerprint density at radius 2 is 1.72 bits per heavy atom. The highest BCUT2D eigenvalue weighted by atomic mass is 35.5. The molecule has 0 aromatic heterocycles. The molecular weight excluding hydrogens is 275 g/mol. The molecule has 1 rings (SSSR count). The number of carbonyl (C=O) groups is 1. The zero-order chi connectivity index (χ0) is 14.0. The number of hydrogen-bond donors (Lipinski definition) is 1. The van der Waals surface area contributed by atoms with E-state index in [9.17, 15) is 9.90 Å². The quantitative estimate of drug-likeness (QED) is 0.528. The van der Waals surface area contributed by atoms with Gasteiger partial charge in [0.25, 0.3) is 0 Å². The van der Waals surface area contributed by atoms with Crippen LogP contribution in [-0.4, -0.2) is 21.5 Å². The largest absolute Gasteiger partial charge is 0.424 e. The van der Waals surface area contributed by atoms with Gasteiger partial charge in [0.2, 0.25) is 4.33 Å². The van der Waals surface area contributed by atoms with E-state index >= 15 is 0 Å². The lowest BCUT2D eigenvalue weighted by molar-refractivity contribution is -0.139. The highest BCUT2D eigenvalue weighted by Crippen LogP contribution is 2.37. The van der Waals surface area contributed by atoms with Crippen molar-refractivity contribution in [3.63, 3.8) is 0 Å². The molecule has 0 radical (unpaired) electrons. The third-order valence-electron chi connectivity index (χ3n) is 2.39. The van der Waals surface area contributed by atoms with E-state index in [1.807, 2.05) is 0 Å². The van der Waals surface area contributed by atoms with Crippen molar-refractivity contribution in [2.45, 2.75) is 31.2 Å². The number of benzene rings is 1. The van der Waals surface area contributed by atoms with Gasteiger partial charge in [-0.2, -0.15) is 0 Å². The van der Waals surface area contributed by atoms with Crippen molar-refractivity contribution in [2.24, 2.45) is 5.41 Å². The minimum Gasteiger partial charge on any atom is -0.424 e. The van der Waals surface area contributed by atoms with Crippen molar-refractivity contribution < 1.29 is 14.6 Å². The van der Waals surface area contributed by atoms with Gasteiger partial charge in [-0.25, -0.2) is 4.79 Å². The Labute approximate surface area is 117 Å². The van der Waals surface area contributed by atoms with Crippen LogP contribution in [0, 0.1) is 5.41 Å². The van der Waals surface area contributed by atoms with E-state index in [0.29, 0.717) is 5.75 Å². The molecule has 1 aromatic carbocycles. The first-order valence-corrected chi connectivity index (χ1v) is 6.24. The van der Waals surface area contributed by atoms with Crippen molar-refractivity contribution in [2.75, 3.05) is 0 Å². The van der Waals surface area contributed by atoms with Crippen molar-refractivity contribution in [1.29, 1.82) is 0 Å². The number of aliphatic hydroxyl groups is 1. The van der Waals surface area contributed by atoms with Crippen LogP contribution in [0.4, 0.5) is 0 Å². The monoisotopic (exact) mass is 290 g/mol. The van der Waals surface area contributed by atoms with Crippen LogP contribution in [0.3, 0.4) is 0 Å². The normalized spacial score (nSPS) is 14.1. The topological polar surface area (TPSA) is 46.5 Å². The zero-order valence-electron chi connectivity index (χ0n) is 10.5. The maximum atomic E-state index is 11.9. The van der Waals surface area contributed by atoms with Gasteiger partial charge < -0.3 is 9.84 Å². The van der Waals surface area contributed by atoms with Crippen LogP contribution >= 0.6 is 23.2 Å². The van der Waals surface area contributed by atoms with Crippen molar-refractivity contribution in [1.82, 2.24) is 0 Å². The van der Waals surface area contributed by atoms with Gasteiger partial charge in [-0.05, 0) is 17.5 Å². The van der Waals surface area contributed by atoms with Gasteiger partial charge in [0, 0.05) is 0 Å². The second-order valence-corrected chi connectivity index (χ2v) is 6.48. The highest BCUT2D eigenvalue weighted by molar-refractivity contribution is 6.58. The summed E-state index contributed by atoms with van der Waals surface area (Å²) in [6, 6.07) is 8.42. The lowest BCUT2D eigenvalue weighted by Gasteiger charge is -2.33. The number of hydrogen-bond acceptors (Lipinski definition) is 3. The fourth-order valence-electron chi connectivity index (χ4n) is 1.32. The van der Waals surface area contributed by atoms with E-state index in [4.69, 9.17) is 27.9 Å². The third kappa shape index (κ3) is 3.61. The van der Waals surface area contributed by atoms with Crippen LogP contribution in [0.1, 0.15) is 20.8 Å². The second kappa shape index (κ2) is 5.47. The maximum Gasteiger partial charge on any atom is 0.350 e. The molecule has 5 heteroatoms. The summed E-state index contributed by atoms with van der Waals surface area (Å²) in [7, 11) is 0. The van der Waals surface area contributed by atoms with Gasteiger partial charge in [-0.1, -0.05) is 62.2 Å². The number of rotatable bonds is 3. The van der Waals surface area contributed by atoms with E-state index in [2.05, 4.69) is 0 Å². The van der Waals surface area contributed by atoms with Crippen LogP contribution in [0.15, 0.2) is 30.3 Å². The summed E-state index contributed by atoms with van der Waals surface area (Å²) in [4.78, 5) is 11.9. The van der Waals surface area contributed by atoms with Gasteiger partial charge in [-0.3, -0.25) is 0 Å². The van der Waals surface area contributed by atoms with E-state index in [1.165, 1.54) is 0 Å². The maximum absolute atomic E-state index is 11.9. The fourth-order valence-corrected chi connectivity index (χ4v) is 2.05. The molecule has 0 aliphatic heterocycles. The summed E-state index contributed by atoms with van der Waals surface area (Å²) < 4.78 is 3.03. The Bertz CT molecular complexity index is 410. The number of alkyl halides is 2. The van der Waals surface area contributed by atoms with Crippen LogP contribution in [0.5, 0.6) is 5.75 Å². The number of halogens is 2. The minimum absolute atomic E-state index is 0.328. The average molecular weight is 291 g/mol. The Morgan fingerprint density at radius 3 is 2.17 bits per heavy atom. The smallest absolute Gasteiger partial charge is 0.350 e. The second-order valence-electron chi connectivity index (χ2n) is 5.09. The lowest BCUT2D eigenvalue weighted by atomic mass is 9.87. The van der Waals surface area contributed by atoms with Gasteiger partial charge in [0.1, 0.15) is 11.9 Å². The van der Waals surface area contributed by atoms with E-state index < -0.39 is 21.8 Å². The number of para-hydroxylation sites is 1. The number of ether oxygens (including phenoxy) is 1. The number of aliphatic hydroxyl groups excluding tert-OH is 1. The first-order chi connectivity index (χ1) is 8.15. The molecule has 0 bridgehead atoms. The molecule has 0 heterocycles. The minimum atomic E-state index is -2.01. The lowest BCUT2D eigenvalue weighted by Crippen LogP contribution is -2.48. The first kappa shape index (κ1) is 15.3. The van der Waals surface area contributed by atoms with Crippen LogP contribution in [-0.2, 0) is 4.79 Å². The summed E-state index contributed by atoms with van der Waals surface area (Å²) in [5.74, 6) is -0.561. The summed E-state index contributed by atoms with van der Waals surface area (Å²) in [6.07, 6.45) is -1.25. The Hall–Kier alpha value is -0.770. The number of carbonyl (C=O) groups excluding carboxylic acids is 1. The Morgan fingerprint density at radius 1 is 1.22 bits per heavy atom. The first-order valence-electron chi connectivity index (χ1n) is 5.49. The molecule has 0 amide bonds. The van der Waals surface area contributed by atoms with Crippen LogP contribution in [0.25, 0.3) is 0 Å². The Balaban J connectivity index is 2.83. The molecule has 0 spiro atoms. The molecule has 1 aromatic rings. The van der Waals surface area contributed by atoms with Gasteiger partial charge in [-0.15, -0.1) is 0 Å². The van der Waals surface area contributed by atoms with Crippen LogP contribution < -0.4 is 4.74 Å². The molecule has 1 N–H and O–H groups in total. The fraction of sp³-hybridized carbons (Fsp3) is 0.462. The van der Waals surface area contributed by atoms with Gasteiger partial charge in [0.05, 0.1) is 0 Å². The van der Waals surface area contributed by atoms with Crippen LogP contribution in [0.2, 0.25) is 0 Å². The van der Waals surface area contributed by atoms with E-state index in [0.717, 1.165) is 0 Å². The summed E-state index contributed by atoms with van der Waals surface area (Å²) in [5, 5.41) is 10.00. The van der Waals surface area contributed by atoms with Crippen molar-refractivity contribution >= 4 is 29.2 Å². The highest BCUT2D eigenvalue weighted by Gasteiger charge is 2.48. The molecule has 1 atom stereocenters. The van der Waals surface area contributed by atoms with Gasteiger partial charge >= 0.3 is 5.97 Å². The molecular formula is C13H16Cl2O3. The SMILES string of the molecule is CC(C)(C)C(O)C(Cl)(Cl)C(=O)Oc1ccccc1. The molecule has 0 aliphatic rings. The van der Waals surface area contributed by atoms with E-state index in [-0.39, 0.29) is 0 Å². The standard InChI is InChI=1S/C13H16Cl2O3/c1-12(2,3)10(16)13(14,15)11(17)18-9-7-5-4-6-8-9/h4-8,10,16H,1-3H3. The predicted octanol–water partition coefficient (Wildman–Crippen LogP) is 3.17. The molecule has 0 fully saturated rings. The number of esters is 1. The summed E-state index contributed by atoms with van der Waals surface area (Å²) in [6.45, 7) is 5.19. The zero-order valence-corrected chi connectivity index (χ0v) is 12.0. The summed E-state index contributed by atoms with van der Waals surface area (Å²) in [5.41, 5.74) is -0.640. The molecule has 1 unspecified atom stereocenters. The molecule has 18 heavy (non-hydrogen) atoms. The van der Waals surface area contributed by atoms with Crippen molar-refractivity contribution in [3.05, 3.63) is 30.3 Å². The summed E-state index contributed by atoms with van der Waals surface area (Å²) >= 11 is 11.8.